The second-order valence-electron chi connectivity index (χ2n) is 14.1. The Morgan fingerprint density at radius 1 is 0.286 bits per heavy atom. The van der Waals surface area contributed by atoms with Crippen LogP contribution in [-0.4, -0.2) is 24.1 Å². The number of fused-ring (bicyclic) bond motifs is 6. The number of benzene rings is 8. The summed E-state index contributed by atoms with van der Waals surface area (Å²) in [4.78, 5) is 15.9. The van der Waals surface area contributed by atoms with E-state index in [0.29, 0.717) is 17.6 Å². The molecule has 0 aliphatic carbocycles. The lowest BCUT2D eigenvalue weighted by atomic mass is 10.0. The summed E-state index contributed by atoms with van der Waals surface area (Å²) in [6.45, 7) is 0. The summed E-state index contributed by atoms with van der Waals surface area (Å²) in [6.07, 6.45) is 0. The van der Waals surface area contributed by atoms with Gasteiger partial charge in [0.05, 0.1) is 27.8 Å². The highest BCUT2D eigenvalue weighted by atomic mass is 15.2. The van der Waals surface area contributed by atoms with E-state index in [1.807, 2.05) is 18.2 Å². The van der Waals surface area contributed by atoms with Gasteiger partial charge in [0, 0.05) is 32.7 Å². The van der Waals surface area contributed by atoms with Crippen LogP contribution in [0.1, 0.15) is 0 Å². The highest BCUT2D eigenvalue weighted by molar-refractivity contribution is 6.11. The van der Waals surface area contributed by atoms with Gasteiger partial charge in [-0.15, -0.1) is 0 Å². The Bertz CT molecular complexity index is 3180. The van der Waals surface area contributed by atoms with Crippen molar-refractivity contribution >= 4 is 43.6 Å². The first-order chi connectivity index (χ1) is 27.8. The molecule has 0 saturated heterocycles. The number of nitrogens with zero attached hydrogens (tertiary/aromatic N) is 5. The van der Waals surface area contributed by atoms with E-state index in [4.69, 9.17) is 15.0 Å². The fraction of sp³-hybridized carbons (Fsp3) is 0. The molecule has 11 rings (SSSR count). The number of para-hydroxylation sites is 3. The van der Waals surface area contributed by atoms with Crippen LogP contribution in [0, 0.1) is 0 Å². The third-order valence-corrected chi connectivity index (χ3v) is 10.8. The molecular weight excluding hydrogens is 683 g/mol. The van der Waals surface area contributed by atoms with Crippen LogP contribution in [-0.2, 0) is 0 Å². The predicted molar refractivity (Wildman–Crippen MR) is 230 cm³/mol. The fourth-order valence-corrected chi connectivity index (χ4v) is 8.20. The third kappa shape index (κ3) is 5.21. The maximum atomic E-state index is 5.40. The van der Waals surface area contributed by atoms with E-state index >= 15 is 0 Å². The van der Waals surface area contributed by atoms with Gasteiger partial charge in [0.2, 0.25) is 5.95 Å². The van der Waals surface area contributed by atoms with Crippen molar-refractivity contribution in [2.24, 2.45) is 0 Å². The molecule has 0 atom stereocenters. The second kappa shape index (κ2) is 13.0. The van der Waals surface area contributed by atoms with E-state index in [2.05, 4.69) is 191 Å². The van der Waals surface area contributed by atoms with Gasteiger partial charge in [-0.3, -0.25) is 4.57 Å². The Morgan fingerprint density at radius 2 is 0.732 bits per heavy atom. The van der Waals surface area contributed by atoms with Gasteiger partial charge in [-0.25, -0.2) is 4.98 Å². The lowest BCUT2D eigenvalue weighted by Crippen LogP contribution is -2.08. The number of hydrogen-bond donors (Lipinski definition) is 0. The van der Waals surface area contributed by atoms with Crippen molar-refractivity contribution < 1.29 is 0 Å². The molecule has 0 N–H and O–H groups in total. The normalized spacial score (nSPS) is 11.6. The van der Waals surface area contributed by atoms with E-state index in [9.17, 15) is 0 Å². The Labute approximate surface area is 323 Å². The predicted octanol–water partition coefficient (Wildman–Crippen LogP) is 12.7. The highest BCUT2D eigenvalue weighted by Gasteiger charge is 2.22. The Kier molecular flexibility index (Phi) is 7.42. The summed E-state index contributed by atoms with van der Waals surface area (Å²) < 4.78 is 4.57. The lowest BCUT2D eigenvalue weighted by molar-refractivity contribution is 0.952. The fourth-order valence-electron chi connectivity index (χ4n) is 8.20. The van der Waals surface area contributed by atoms with Crippen molar-refractivity contribution in [3.8, 4) is 56.7 Å². The molecule has 0 amide bonds. The molecule has 8 aromatic carbocycles. The topological polar surface area (TPSA) is 48.5 Å². The summed E-state index contributed by atoms with van der Waals surface area (Å²) in [5, 5.41) is 4.67. The van der Waals surface area contributed by atoms with Gasteiger partial charge in [0.25, 0.3) is 0 Å². The number of hydrogen-bond acceptors (Lipinski definition) is 3. The van der Waals surface area contributed by atoms with Gasteiger partial charge in [-0.05, 0) is 58.7 Å². The molecule has 0 unspecified atom stereocenters. The average molecular weight is 716 g/mol. The van der Waals surface area contributed by atoms with E-state index in [-0.39, 0.29) is 0 Å². The molecule has 0 aliphatic heterocycles. The maximum absolute atomic E-state index is 5.40. The van der Waals surface area contributed by atoms with Crippen LogP contribution in [0.25, 0.3) is 100 Å². The molecule has 56 heavy (non-hydrogen) atoms. The van der Waals surface area contributed by atoms with Crippen LogP contribution >= 0.6 is 0 Å². The molecule has 0 radical (unpaired) electrons. The lowest BCUT2D eigenvalue weighted by Gasteiger charge is -2.17. The highest BCUT2D eigenvalue weighted by Crippen LogP contribution is 2.40. The van der Waals surface area contributed by atoms with Crippen LogP contribution in [0.4, 0.5) is 0 Å². The maximum Gasteiger partial charge on any atom is 0.238 e. The molecule has 262 valence electrons. The third-order valence-electron chi connectivity index (χ3n) is 10.8. The molecule has 0 bridgehead atoms. The molecule has 0 saturated carbocycles. The SMILES string of the molecule is c1ccc(-c2ccc(-c3nc(-c4ccccc4)nc(-n4c5ccccc5c5ccccc54)n3)c(-n3c4ccccc4c4ccc(-c5ccccc5)cc43)c2)cc1. The van der Waals surface area contributed by atoms with Gasteiger partial charge in [-0.2, -0.15) is 9.97 Å². The smallest absolute Gasteiger partial charge is 0.238 e. The van der Waals surface area contributed by atoms with Crippen LogP contribution in [0.15, 0.2) is 200 Å². The molecule has 0 aliphatic rings. The van der Waals surface area contributed by atoms with Crippen LogP contribution in [0.3, 0.4) is 0 Å². The minimum absolute atomic E-state index is 0.568. The van der Waals surface area contributed by atoms with Crippen molar-refractivity contribution in [2.45, 2.75) is 0 Å². The number of aromatic nitrogens is 5. The molecule has 3 heterocycles. The van der Waals surface area contributed by atoms with Gasteiger partial charge in [-0.1, -0.05) is 164 Å². The minimum Gasteiger partial charge on any atom is -0.308 e. The van der Waals surface area contributed by atoms with E-state index < -0.39 is 0 Å². The average Bonchev–Trinajstić information content (AvgIpc) is 3.79. The Morgan fingerprint density at radius 3 is 1.32 bits per heavy atom. The van der Waals surface area contributed by atoms with Gasteiger partial charge in [0.15, 0.2) is 11.6 Å². The minimum atomic E-state index is 0.568. The first-order valence-electron chi connectivity index (χ1n) is 18.9. The largest absolute Gasteiger partial charge is 0.308 e. The summed E-state index contributed by atoms with van der Waals surface area (Å²) in [5.41, 5.74) is 11.7. The van der Waals surface area contributed by atoms with E-state index in [1.165, 1.54) is 16.3 Å². The summed E-state index contributed by atoms with van der Waals surface area (Å²) >= 11 is 0. The van der Waals surface area contributed by atoms with Gasteiger partial charge < -0.3 is 4.57 Å². The molecule has 5 heteroatoms. The van der Waals surface area contributed by atoms with Crippen LogP contribution in [0.5, 0.6) is 0 Å². The molecular formula is C51H33N5. The zero-order valence-corrected chi connectivity index (χ0v) is 30.3. The van der Waals surface area contributed by atoms with Crippen molar-refractivity contribution in [2.75, 3.05) is 0 Å². The first kappa shape index (κ1) is 31.9. The monoisotopic (exact) mass is 715 g/mol. The zero-order valence-electron chi connectivity index (χ0n) is 30.3. The summed E-state index contributed by atoms with van der Waals surface area (Å²) in [6, 6.07) is 70.4. The van der Waals surface area contributed by atoms with Crippen molar-refractivity contribution in [3.63, 3.8) is 0 Å². The summed E-state index contributed by atoms with van der Waals surface area (Å²) in [5.74, 6) is 1.77. The van der Waals surface area contributed by atoms with Gasteiger partial charge >= 0.3 is 0 Å². The Hall–Kier alpha value is -7.63. The van der Waals surface area contributed by atoms with Gasteiger partial charge in [0.1, 0.15) is 0 Å². The van der Waals surface area contributed by atoms with Crippen LogP contribution < -0.4 is 0 Å². The van der Waals surface area contributed by atoms with E-state index in [0.717, 1.165) is 66.3 Å². The van der Waals surface area contributed by atoms with E-state index in [1.54, 1.807) is 0 Å². The number of rotatable bonds is 6. The standard InChI is InChI=1S/C51H33N5/c1-4-16-34(17-5-1)37-28-30-42-41-24-10-13-25-44(41)55(47(42)32-37)48-33-38(35-18-6-2-7-19-35)29-31-43(48)50-52-49(36-20-8-3-9-21-36)53-51(54-50)56-45-26-14-11-22-39(45)40-23-12-15-27-46(40)56/h1-33H. The van der Waals surface area contributed by atoms with Crippen LogP contribution in [0.2, 0.25) is 0 Å². The Balaban J connectivity index is 1.24. The molecule has 5 nitrogen and oxygen atoms in total. The first-order valence-corrected chi connectivity index (χ1v) is 18.9. The molecule has 3 aromatic heterocycles. The molecule has 0 spiro atoms. The second-order valence-corrected chi connectivity index (χ2v) is 14.1. The molecule has 0 fully saturated rings. The quantitative estimate of drug-likeness (QED) is 0.172. The molecule has 11 aromatic rings. The summed E-state index contributed by atoms with van der Waals surface area (Å²) in [7, 11) is 0. The van der Waals surface area contributed by atoms with Crippen molar-refractivity contribution in [1.82, 2.24) is 24.1 Å². The van der Waals surface area contributed by atoms with Crippen molar-refractivity contribution in [3.05, 3.63) is 200 Å². The van der Waals surface area contributed by atoms with Crippen molar-refractivity contribution in [1.29, 1.82) is 0 Å². The zero-order chi connectivity index (χ0) is 37.0.